The summed E-state index contributed by atoms with van der Waals surface area (Å²) in [5.74, 6) is -1.40. The molecule has 6 aromatic rings. The Labute approximate surface area is 226 Å². The lowest BCUT2D eigenvalue weighted by Gasteiger charge is -2.16. The molecule has 0 bridgehead atoms. The Morgan fingerprint density at radius 1 is 0.590 bits per heavy atom. The van der Waals surface area contributed by atoms with E-state index in [-0.39, 0.29) is 18.6 Å². The Morgan fingerprint density at radius 3 is 1.72 bits per heavy atom. The molecule has 0 amide bonds. The third-order valence-corrected chi connectivity index (χ3v) is 7.37. The molecule has 0 fully saturated rings. The number of aromatic nitrogens is 1. The Kier molecular flexibility index (Phi) is 6.52. The van der Waals surface area contributed by atoms with Crippen molar-refractivity contribution in [3.05, 3.63) is 139 Å². The number of hydrogen-bond donors (Lipinski definition) is 1. The van der Waals surface area contributed by atoms with Crippen molar-refractivity contribution in [2.75, 3.05) is 0 Å². The van der Waals surface area contributed by atoms with Crippen molar-refractivity contribution in [3.63, 3.8) is 0 Å². The first-order valence-electron chi connectivity index (χ1n) is 13.1. The van der Waals surface area contributed by atoms with Crippen LogP contribution < -0.4 is 0 Å². The second kappa shape index (κ2) is 10.4. The van der Waals surface area contributed by atoms with Crippen molar-refractivity contribution in [2.45, 2.75) is 18.8 Å². The molecule has 5 aromatic carbocycles. The number of hydrogen-bond acceptors (Lipinski definition) is 2. The molecule has 0 aliphatic heterocycles. The van der Waals surface area contributed by atoms with E-state index in [4.69, 9.17) is 0 Å². The van der Waals surface area contributed by atoms with E-state index in [1.54, 1.807) is 0 Å². The van der Waals surface area contributed by atoms with E-state index < -0.39 is 11.9 Å². The summed E-state index contributed by atoms with van der Waals surface area (Å²) in [6.07, 6.45) is 0.0221. The number of carboxylic acid groups (broad SMARTS) is 1. The highest BCUT2D eigenvalue weighted by atomic mass is 16.4. The molecule has 0 saturated heterocycles. The molecule has 0 aliphatic rings. The van der Waals surface area contributed by atoms with Crippen LogP contribution in [0.25, 0.3) is 38.6 Å². The summed E-state index contributed by atoms with van der Waals surface area (Å²) >= 11 is 0. The van der Waals surface area contributed by atoms with Crippen LogP contribution in [0.5, 0.6) is 0 Å². The van der Waals surface area contributed by atoms with Gasteiger partial charge in [-0.3, -0.25) is 9.59 Å². The first-order valence-corrected chi connectivity index (χ1v) is 13.1. The van der Waals surface area contributed by atoms with Crippen LogP contribution in [-0.2, 0) is 4.79 Å². The van der Waals surface area contributed by atoms with Crippen molar-refractivity contribution in [2.24, 2.45) is 0 Å². The molecule has 4 heteroatoms. The fourth-order valence-electron chi connectivity index (χ4n) is 5.44. The highest BCUT2D eigenvalue weighted by Crippen LogP contribution is 2.33. The van der Waals surface area contributed by atoms with Crippen LogP contribution in [0.1, 0.15) is 34.7 Å². The molecule has 0 radical (unpaired) electrons. The summed E-state index contributed by atoms with van der Waals surface area (Å²) in [7, 11) is 0. The van der Waals surface area contributed by atoms with Crippen LogP contribution in [0.2, 0.25) is 0 Å². The summed E-state index contributed by atoms with van der Waals surface area (Å²) in [5.41, 5.74) is 6.78. The third-order valence-electron chi connectivity index (χ3n) is 7.37. The van der Waals surface area contributed by atoms with Crippen molar-refractivity contribution >= 4 is 33.6 Å². The zero-order valence-corrected chi connectivity index (χ0v) is 21.3. The average Bonchev–Trinajstić information content (AvgIpc) is 3.32. The van der Waals surface area contributed by atoms with E-state index in [0.29, 0.717) is 5.56 Å². The van der Waals surface area contributed by atoms with Crippen molar-refractivity contribution in [3.8, 4) is 16.8 Å². The molecule has 1 heterocycles. The number of carbonyl (C=O) groups is 2. The van der Waals surface area contributed by atoms with Crippen molar-refractivity contribution in [1.82, 2.24) is 4.57 Å². The number of carboxylic acids is 1. The van der Waals surface area contributed by atoms with E-state index in [1.165, 1.54) is 10.8 Å². The van der Waals surface area contributed by atoms with E-state index in [9.17, 15) is 14.7 Å². The monoisotopic (exact) mass is 509 g/mol. The van der Waals surface area contributed by atoms with Gasteiger partial charge in [0, 0.05) is 34.4 Å². The first-order chi connectivity index (χ1) is 19.1. The molecule has 1 N–H and O–H groups in total. The maximum absolute atomic E-state index is 13.2. The highest BCUT2D eigenvalue weighted by Gasteiger charge is 2.21. The largest absolute Gasteiger partial charge is 0.481 e. The Bertz CT molecular complexity index is 1730. The molecule has 6 rings (SSSR count). The van der Waals surface area contributed by atoms with Crippen molar-refractivity contribution < 1.29 is 14.7 Å². The second-order valence-corrected chi connectivity index (χ2v) is 9.83. The molecule has 190 valence electrons. The number of aliphatic carboxylic acids is 1. The summed E-state index contributed by atoms with van der Waals surface area (Å²) < 4.78 is 2.22. The van der Waals surface area contributed by atoms with Crippen LogP contribution >= 0.6 is 0 Å². The predicted octanol–water partition coefficient (Wildman–Crippen LogP) is 8.28. The molecule has 0 spiro atoms. The van der Waals surface area contributed by atoms with Gasteiger partial charge in [-0.1, -0.05) is 103 Å². The lowest BCUT2D eigenvalue weighted by Crippen LogP contribution is -2.12. The van der Waals surface area contributed by atoms with E-state index in [2.05, 4.69) is 28.8 Å². The summed E-state index contributed by atoms with van der Waals surface area (Å²) in [6.45, 7) is 0. The van der Waals surface area contributed by atoms with Gasteiger partial charge in [0.05, 0.1) is 17.5 Å². The minimum Gasteiger partial charge on any atom is -0.481 e. The van der Waals surface area contributed by atoms with Gasteiger partial charge in [-0.05, 0) is 41.0 Å². The first kappa shape index (κ1) is 24.4. The summed E-state index contributed by atoms with van der Waals surface area (Å²) in [4.78, 5) is 24.9. The number of rotatable bonds is 8. The number of nitrogens with zero attached hydrogens (tertiary/aromatic N) is 1. The van der Waals surface area contributed by atoms with Gasteiger partial charge in [0.25, 0.3) is 0 Å². The fourth-order valence-corrected chi connectivity index (χ4v) is 5.44. The van der Waals surface area contributed by atoms with Gasteiger partial charge in [0.1, 0.15) is 0 Å². The second-order valence-electron chi connectivity index (χ2n) is 9.83. The summed E-state index contributed by atoms with van der Waals surface area (Å²) in [6, 6.07) is 42.1. The molecule has 4 nitrogen and oxygen atoms in total. The SMILES string of the molecule is O=C(O)CC(CC(=O)c1ccc(-c2ccccc2)cc1)c1ccc(-n2c3ccccc3c3ccccc32)cc1. The smallest absolute Gasteiger partial charge is 0.303 e. The fraction of sp³-hybridized carbons (Fsp3) is 0.0857. The maximum Gasteiger partial charge on any atom is 0.303 e. The minimum absolute atomic E-state index is 0.0627. The van der Waals surface area contributed by atoms with Gasteiger partial charge in [0.2, 0.25) is 0 Å². The van der Waals surface area contributed by atoms with Crippen LogP contribution in [0, 0.1) is 0 Å². The molecule has 1 atom stereocenters. The number of fused-ring (bicyclic) bond motifs is 3. The molecule has 1 unspecified atom stereocenters. The zero-order chi connectivity index (χ0) is 26.8. The number of Topliss-reactive ketones (excluding diaryl/α,β-unsaturated/α-hetero) is 1. The molecule has 0 aliphatic carbocycles. The number of carbonyl (C=O) groups excluding carboxylic acids is 1. The quantitative estimate of drug-likeness (QED) is 0.210. The number of benzene rings is 5. The predicted molar refractivity (Wildman–Crippen MR) is 157 cm³/mol. The topological polar surface area (TPSA) is 59.3 Å². The molecule has 0 saturated carbocycles. The summed E-state index contributed by atoms with van der Waals surface area (Å²) in [5, 5.41) is 12.0. The standard InChI is InChI=1S/C35H27NO3/c37-34(27-16-14-25(15-17-27)24-8-2-1-3-9-24)22-28(23-35(38)39)26-18-20-29(21-19-26)36-32-12-6-4-10-30(32)31-11-5-7-13-33(31)36/h1-21,28H,22-23H2,(H,38,39). The van der Waals surface area contributed by atoms with Gasteiger partial charge in [-0.15, -0.1) is 0 Å². The lowest BCUT2D eigenvalue weighted by atomic mass is 9.88. The molecular weight excluding hydrogens is 482 g/mol. The number of ketones is 1. The Hall–Kier alpha value is -4.96. The van der Waals surface area contributed by atoms with Crippen LogP contribution in [0.3, 0.4) is 0 Å². The Morgan fingerprint density at radius 2 is 1.13 bits per heavy atom. The van der Waals surface area contributed by atoms with Gasteiger partial charge in [-0.2, -0.15) is 0 Å². The van der Waals surface area contributed by atoms with Crippen LogP contribution in [0.15, 0.2) is 127 Å². The van der Waals surface area contributed by atoms with Gasteiger partial charge < -0.3 is 9.67 Å². The lowest BCUT2D eigenvalue weighted by molar-refractivity contribution is -0.137. The van der Waals surface area contributed by atoms with E-state index in [1.807, 2.05) is 103 Å². The normalized spacial score (nSPS) is 12.0. The minimum atomic E-state index is -0.918. The maximum atomic E-state index is 13.2. The molecular formula is C35H27NO3. The zero-order valence-electron chi connectivity index (χ0n) is 21.3. The third kappa shape index (κ3) is 4.85. The van der Waals surface area contributed by atoms with E-state index in [0.717, 1.165) is 33.4 Å². The molecule has 1 aromatic heterocycles. The average molecular weight is 510 g/mol. The van der Waals surface area contributed by atoms with Crippen LogP contribution in [0.4, 0.5) is 0 Å². The van der Waals surface area contributed by atoms with Crippen LogP contribution in [-0.4, -0.2) is 21.4 Å². The van der Waals surface area contributed by atoms with Gasteiger partial charge >= 0.3 is 5.97 Å². The Balaban J connectivity index is 1.28. The molecule has 39 heavy (non-hydrogen) atoms. The highest BCUT2D eigenvalue weighted by molar-refractivity contribution is 6.09. The van der Waals surface area contributed by atoms with Crippen molar-refractivity contribution in [1.29, 1.82) is 0 Å². The van der Waals surface area contributed by atoms with E-state index >= 15 is 0 Å². The number of para-hydroxylation sites is 2. The van der Waals surface area contributed by atoms with Gasteiger partial charge in [-0.25, -0.2) is 0 Å². The van der Waals surface area contributed by atoms with Gasteiger partial charge in [0.15, 0.2) is 5.78 Å².